The van der Waals surface area contributed by atoms with E-state index in [1.807, 2.05) is 12.1 Å². The highest BCUT2D eigenvalue weighted by Crippen LogP contribution is 2.35. The summed E-state index contributed by atoms with van der Waals surface area (Å²) in [5.41, 5.74) is 1.02. The molecule has 0 atom stereocenters. The molecule has 1 rings (SSSR count). The zero-order valence-electron chi connectivity index (χ0n) is 8.47. The van der Waals surface area contributed by atoms with Gasteiger partial charge in [0.2, 0.25) is 0 Å². The predicted molar refractivity (Wildman–Crippen MR) is 71.7 cm³/mol. The van der Waals surface area contributed by atoms with Gasteiger partial charge in [-0.1, -0.05) is 0 Å². The zero-order valence-corrected chi connectivity index (χ0v) is 12.4. The van der Waals surface area contributed by atoms with Crippen molar-refractivity contribution < 1.29 is 4.74 Å². The summed E-state index contributed by atoms with van der Waals surface area (Å²) >= 11 is 12.6. The van der Waals surface area contributed by atoms with E-state index in [0.29, 0.717) is 18.9 Å². The van der Waals surface area contributed by atoms with E-state index >= 15 is 0 Å². The molecule has 0 aliphatic rings. The highest BCUT2D eigenvalue weighted by Gasteiger charge is 2.08. The first-order valence-electron chi connectivity index (χ1n) is 4.72. The van der Waals surface area contributed by atoms with Gasteiger partial charge in [-0.05, 0) is 56.0 Å². The molecule has 0 unspecified atom stereocenters. The number of nitriles is 1. The van der Waals surface area contributed by atoms with Crippen LogP contribution in [0.4, 0.5) is 0 Å². The van der Waals surface area contributed by atoms with E-state index in [4.69, 9.17) is 21.6 Å². The Morgan fingerprint density at radius 3 is 2.44 bits per heavy atom. The maximum absolute atomic E-state index is 8.40. The number of benzene rings is 1. The summed E-state index contributed by atoms with van der Waals surface area (Å²) in [5.74, 6) is 1.22. The molecule has 0 saturated carbocycles. The summed E-state index contributed by atoms with van der Waals surface area (Å²) in [5, 5.41) is 8.40. The lowest BCUT2D eigenvalue weighted by Gasteiger charge is -2.10. The van der Waals surface area contributed by atoms with Gasteiger partial charge >= 0.3 is 0 Å². The normalized spacial score (nSPS) is 9.88. The van der Waals surface area contributed by atoms with Gasteiger partial charge in [-0.25, -0.2) is 0 Å². The van der Waals surface area contributed by atoms with Crippen molar-refractivity contribution in [2.24, 2.45) is 0 Å². The van der Waals surface area contributed by atoms with Crippen LogP contribution in [0.15, 0.2) is 21.1 Å². The lowest BCUT2D eigenvalue weighted by atomic mass is 10.2. The van der Waals surface area contributed by atoms with Gasteiger partial charge in [0.15, 0.2) is 0 Å². The second-order valence-electron chi connectivity index (χ2n) is 3.13. The standard InChI is InChI=1S/C11H10Br2ClNO/c12-9-5-8(7-14)6-10(13)11(9)16-4-2-1-3-15/h5-6H,1-2,4,7H2. The Labute approximate surface area is 117 Å². The van der Waals surface area contributed by atoms with Crippen LogP contribution in [0.3, 0.4) is 0 Å². The summed E-state index contributed by atoms with van der Waals surface area (Å²) in [4.78, 5) is 0. The average molecular weight is 367 g/mol. The van der Waals surface area contributed by atoms with Crippen LogP contribution >= 0.6 is 43.5 Å². The molecule has 0 N–H and O–H groups in total. The third-order valence-corrected chi connectivity index (χ3v) is 3.38. The summed E-state index contributed by atoms with van der Waals surface area (Å²) in [6.45, 7) is 0.533. The van der Waals surface area contributed by atoms with Crippen LogP contribution in [-0.4, -0.2) is 6.61 Å². The Bertz CT molecular complexity index is 380. The van der Waals surface area contributed by atoms with Gasteiger partial charge in [0, 0.05) is 12.3 Å². The lowest BCUT2D eigenvalue weighted by Crippen LogP contribution is -1.98. The minimum absolute atomic E-state index is 0.464. The highest BCUT2D eigenvalue weighted by molar-refractivity contribution is 9.11. The lowest BCUT2D eigenvalue weighted by molar-refractivity contribution is 0.309. The molecule has 0 fully saturated rings. The van der Waals surface area contributed by atoms with Gasteiger partial charge < -0.3 is 4.74 Å². The van der Waals surface area contributed by atoms with E-state index in [9.17, 15) is 0 Å². The Morgan fingerprint density at radius 1 is 1.31 bits per heavy atom. The minimum Gasteiger partial charge on any atom is -0.491 e. The van der Waals surface area contributed by atoms with E-state index in [1.54, 1.807) is 0 Å². The third-order valence-electron chi connectivity index (χ3n) is 1.89. The number of hydrogen-bond donors (Lipinski definition) is 0. The molecule has 1 aromatic carbocycles. The monoisotopic (exact) mass is 365 g/mol. The number of unbranched alkanes of at least 4 members (excludes halogenated alkanes) is 1. The van der Waals surface area contributed by atoms with Crippen molar-refractivity contribution in [3.8, 4) is 11.8 Å². The van der Waals surface area contributed by atoms with Gasteiger partial charge in [-0.2, -0.15) is 5.26 Å². The van der Waals surface area contributed by atoms with Crippen molar-refractivity contribution in [2.45, 2.75) is 18.7 Å². The molecule has 1 aromatic rings. The molecule has 0 aliphatic heterocycles. The topological polar surface area (TPSA) is 33.0 Å². The first-order chi connectivity index (χ1) is 7.69. The highest BCUT2D eigenvalue weighted by atomic mass is 79.9. The van der Waals surface area contributed by atoms with E-state index in [2.05, 4.69) is 37.9 Å². The molecule has 0 aliphatic carbocycles. The van der Waals surface area contributed by atoms with Gasteiger partial charge in [-0.3, -0.25) is 0 Å². The van der Waals surface area contributed by atoms with Crippen LogP contribution in [0.1, 0.15) is 18.4 Å². The Kier molecular flexibility index (Phi) is 6.18. The van der Waals surface area contributed by atoms with Crippen molar-refractivity contribution in [1.82, 2.24) is 0 Å². The number of alkyl halides is 1. The first kappa shape index (κ1) is 13.8. The molecule has 0 amide bonds. The van der Waals surface area contributed by atoms with Crippen LogP contribution in [-0.2, 0) is 5.88 Å². The summed E-state index contributed by atoms with van der Waals surface area (Å²) in [6.07, 6.45) is 1.24. The number of hydrogen-bond acceptors (Lipinski definition) is 2. The maximum atomic E-state index is 8.40. The van der Waals surface area contributed by atoms with Gasteiger partial charge in [-0.15, -0.1) is 11.6 Å². The number of halogens is 3. The van der Waals surface area contributed by atoms with Gasteiger partial charge in [0.05, 0.1) is 21.6 Å². The molecule has 0 heterocycles. The number of ether oxygens (including phenoxy) is 1. The largest absolute Gasteiger partial charge is 0.491 e. The van der Waals surface area contributed by atoms with E-state index < -0.39 is 0 Å². The van der Waals surface area contributed by atoms with Crippen LogP contribution in [0.2, 0.25) is 0 Å². The molecule has 86 valence electrons. The molecule has 5 heteroatoms. The van der Waals surface area contributed by atoms with E-state index in [0.717, 1.165) is 26.7 Å². The van der Waals surface area contributed by atoms with Crippen molar-refractivity contribution >= 4 is 43.5 Å². The molecular weight excluding hydrogens is 357 g/mol. The van der Waals surface area contributed by atoms with Crippen LogP contribution in [0.25, 0.3) is 0 Å². The molecule has 0 saturated heterocycles. The molecule has 0 bridgehead atoms. The molecule has 2 nitrogen and oxygen atoms in total. The Morgan fingerprint density at radius 2 is 1.94 bits per heavy atom. The van der Waals surface area contributed by atoms with Crippen molar-refractivity contribution in [2.75, 3.05) is 6.61 Å². The maximum Gasteiger partial charge on any atom is 0.147 e. The zero-order chi connectivity index (χ0) is 12.0. The first-order valence-corrected chi connectivity index (χ1v) is 6.84. The fourth-order valence-electron chi connectivity index (χ4n) is 1.15. The summed E-state index contributed by atoms with van der Waals surface area (Å²) < 4.78 is 7.32. The van der Waals surface area contributed by atoms with Gasteiger partial charge in [0.25, 0.3) is 0 Å². The summed E-state index contributed by atoms with van der Waals surface area (Å²) in [6, 6.07) is 5.94. The average Bonchev–Trinajstić information content (AvgIpc) is 2.26. The Hall–Kier alpha value is -0.240. The quantitative estimate of drug-likeness (QED) is 0.561. The smallest absolute Gasteiger partial charge is 0.147 e. The Balaban J connectivity index is 2.69. The predicted octanol–water partition coefficient (Wildman–Crippen LogP) is 4.63. The van der Waals surface area contributed by atoms with Crippen LogP contribution in [0, 0.1) is 11.3 Å². The van der Waals surface area contributed by atoms with Crippen LogP contribution < -0.4 is 4.74 Å². The molecule has 0 aromatic heterocycles. The van der Waals surface area contributed by atoms with Crippen LogP contribution in [0.5, 0.6) is 5.75 Å². The fraction of sp³-hybridized carbons (Fsp3) is 0.364. The second-order valence-corrected chi connectivity index (χ2v) is 5.11. The van der Waals surface area contributed by atoms with Gasteiger partial charge in [0.1, 0.15) is 5.75 Å². The van der Waals surface area contributed by atoms with Crippen molar-refractivity contribution in [3.63, 3.8) is 0 Å². The minimum atomic E-state index is 0.464. The molecule has 0 radical (unpaired) electrons. The SMILES string of the molecule is N#CCCCOc1c(Br)cc(CCl)cc1Br. The summed E-state index contributed by atoms with van der Waals surface area (Å²) in [7, 11) is 0. The molecular formula is C11H10Br2ClNO. The second kappa shape index (κ2) is 7.16. The van der Waals surface area contributed by atoms with Crippen molar-refractivity contribution in [1.29, 1.82) is 5.26 Å². The fourth-order valence-corrected chi connectivity index (χ4v) is 2.82. The van der Waals surface area contributed by atoms with Crippen molar-refractivity contribution in [3.05, 3.63) is 26.6 Å². The molecule has 16 heavy (non-hydrogen) atoms. The number of rotatable bonds is 5. The van der Waals surface area contributed by atoms with E-state index in [1.165, 1.54) is 0 Å². The van der Waals surface area contributed by atoms with E-state index in [-0.39, 0.29) is 0 Å². The third kappa shape index (κ3) is 3.97. The number of nitrogens with zero attached hydrogens (tertiary/aromatic N) is 1. The molecule has 0 spiro atoms.